The van der Waals surface area contributed by atoms with E-state index in [1.165, 1.54) is 7.11 Å². The second-order valence-corrected chi connectivity index (χ2v) is 11.0. The Kier molecular flexibility index (Phi) is 11.8. The van der Waals surface area contributed by atoms with Gasteiger partial charge < -0.3 is 19.7 Å². The lowest BCUT2D eigenvalue weighted by Crippen LogP contribution is -2.33. The summed E-state index contributed by atoms with van der Waals surface area (Å²) in [6.07, 6.45) is 7.65. The molecule has 0 aliphatic rings. The number of benzene rings is 4. The number of methoxy groups -OCH3 is 1. The van der Waals surface area contributed by atoms with Crippen molar-refractivity contribution in [3.8, 4) is 5.75 Å². The maximum atomic E-state index is 13.2. The van der Waals surface area contributed by atoms with Gasteiger partial charge in [0.15, 0.2) is 5.78 Å². The molecular weight excluding hydrogens is 602 g/mol. The quantitative estimate of drug-likeness (QED) is 0.0569. The van der Waals surface area contributed by atoms with Crippen LogP contribution in [-0.4, -0.2) is 48.9 Å². The Morgan fingerprint density at radius 3 is 2.25 bits per heavy atom. The van der Waals surface area contributed by atoms with E-state index in [0.29, 0.717) is 48.6 Å². The van der Waals surface area contributed by atoms with Gasteiger partial charge in [-0.1, -0.05) is 78.9 Å². The number of rotatable bonds is 15. The first-order valence-electron chi connectivity index (χ1n) is 15.7. The lowest BCUT2D eigenvalue weighted by atomic mass is 10.00. The predicted molar refractivity (Wildman–Crippen MR) is 188 cm³/mol. The third-order valence-electron chi connectivity index (χ3n) is 7.62. The van der Waals surface area contributed by atoms with Crippen LogP contribution in [-0.2, 0) is 20.7 Å². The second kappa shape index (κ2) is 17.1. The van der Waals surface area contributed by atoms with Crippen molar-refractivity contribution in [2.45, 2.75) is 18.9 Å². The number of anilines is 2. The standard InChI is InChI=1S/C40H37N3O5/c1-47-40(46)37(42-36-18-9-8-17-35(36)39(45)32-13-4-2-5-14-32)28-30-19-22-34(23-20-30)48-27-11-26-43(33-15-6-3-7-16-33)38(44)24-21-31-12-10-25-41-29-31/h2-10,12-25,29,37,42H,11,26-28H2,1H3/t37-/m0/s1. The molecule has 0 saturated heterocycles. The molecule has 1 aromatic heterocycles. The minimum Gasteiger partial charge on any atom is -0.494 e. The molecule has 242 valence electrons. The lowest BCUT2D eigenvalue weighted by Gasteiger charge is -2.21. The Labute approximate surface area is 280 Å². The zero-order chi connectivity index (χ0) is 33.6. The van der Waals surface area contributed by atoms with E-state index in [4.69, 9.17) is 9.47 Å². The maximum Gasteiger partial charge on any atom is 0.328 e. The van der Waals surface area contributed by atoms with E-state index in [9.17, 15) is 14.4 Å². The molecule has 0 saturated carbocycles. The number of para-hydroxylation sites is 2. The van der Waals surface area contributed by atoms with E-state index in [-0.39, 0.29) is 11.7 Å². The van der Waals surface area contributed by atoms with Gasteiger partial charge in [-0.3, -0.25) is 14.6 Å². The summed E-state index contributed by atoms with van der Waals surface area (Å²) >= 11 is 0. The molecule has 0 aliphatic carbocycles. The van der Waals surface area contributed by atoms with E-state index in [2.05, 4.69) is 10.3 Å². The van der Waals surface area contributed by atoms with Gasteiger partial charge in [-0.05, 0) is 66.1 Å². The summed E-state index contributed by atoms with van der Waals surface area (Å²) in [5.41, 5.74) is 4.13. The molecular formula is C40H37N3O5. The molecule has 1 heterocycles. The van der Waals surface area contributed by atoms with Crippen LogP contribution in [0.15, 0.2) is 140 Å². The molecule has 5 rings (SSSR count). The number of pyridine rings is 1. The van der Waals surface area contributed by atoms with Crippen molar-refractivity contribution < 1.29 is 23.9 Å². The summed E-state index contributed by atoms with van der Waals surface area (Å²) < 4.78 is 11.1. The summed E-state index contributed by atoms with van der Waals surface area (Å²) in [7, 11) is 1.35. The molecule has 8 heteroatoms. The minimum atomic E-state index is -0.722. The zero-order valence-electron chi connectivity index (χ0n) is 26.7. The van der Waals surface area contributed by atoms with E-state index >= 15 is 0 Å². The molecule has 0 radical (unpaired) electrons. The third kappa shape index (κ3) is 9.26. The van der Waals surface area contributed by atoms with Crippen molar-refractivity contribution in [1.82, 2.24) is 4.98 Å². The first-order chi connectivity index (χ1) is 23.5. The van der Waals surface area contributed by atoms with E-state index in [0.717, 1.165) is 16.8 Å². The monoisotopic (exact) mass is 639 g/mol. The van der Waals surface area contributed by atoms with Crippen molar-refractivity contribution in [3.05, 3.63) is 162 Å². The van der Waals surface area contributed by atoms with Crippen LogP contribution in [0.4, 0.5) is 11.4 Å². The first kappa shape index (κ1) is 33.3. The van der Waals surface area contributed by atoms with Crippen LogP contribution in [0.3, 0.4) is 0 Å². The fourth-order valence-electron chi connectivity index (χ4n) is 5.15. The molecule has 0 fully saturated rings. The molecule has 1 atom stereocenters. The highest BCUT2D eigenvalue weighted by atomic mass is 16.5. The molecule has 0 spiro atoms. The van der Waals surface area contributed by atoms with Crippen LogP contribution in [0.5, 0.6) is 5.75 Å². The van der Waals surface area contributed by atoms with Crippen LogP contribution in [0.1, 0.15) is 33.5 Å². The Balaban J connectivity index is 1.18. The largest absolute Gasteiger partial charge is 0.494 e. The van der Waals surface area contributed by atoms with Crippen LogP contribution in [0.25, 0.3) is 6.08 Å². The molecule has 0 aliphatic heterocycles. The fourth-order valence-corrected chi connectivity index (χ4v) is 5.15. The summed E-state index contributed by atoms with van der Waals surface area (Å²) in [6, 6.07) is 36.2. The Hall–Kier alpha value is -6.02. The second-order valence-electron chi connectivity index (χ2n) is 11.0. The summed E-state index contributed by atoms with van der Waals surface area (Å²) in [5.74, 6) is -0.0317. The molecule has 4 aromatic carbocycles. The van der Waals surface area contributed by atoms with Crippen molar-refractivity contribution in [3.63, 3.8) is 0 Å². The molecule has 1 N–H and O–H groups in total. The number of nitrogens with one attached hydrogen (secondary N) is 1. The molecule has 8 nitrogen and oxygen atoms in total. The van der Waals surface area contributed by atoms with E-state index < -0.39 is 12.0 Å². The molecule has 0 bridgehead atoms. The number of carbonyl (C=O) groups excluding carboxylic acids is 3. The number of ether oxygens (including phenoxy) is 2. The number of hydrogen-bond acceptors (Lipinski definition) is 7. The molecule has 1 amide bonds. The fraction of sp³-hybridized carbons (Fsp3) is 0.150. The van der Waals surface area contributed by atoms with Gasteiger partial charge in [0.05, 0.1) is 13.7 Å². The topological polar surface area (TPSA) is 97.8 Å². The minimum absolute atomic E-state index is 0.129. The summed E-state index contributed by atoms with van der Waals surface area (Å²) in [6.45, 7) is 0.875. The normalized spacial score (nSPS) is 11.4. The highest BCUT2D eigenvalue weighted by Crippen LogP contribution is 2.23. The van der Waals surface area contributed by atoms with E-state index in [1.807, 2.05) is 91.0 Å². The number of esters is 1. The van der Waals surface area contributed by atoms with E-state index in [1.54, 1.807) is 59.8 Å². The zero-order valence-corrected chi connectivity index (χ0v) is 26.7. The van der Waals surface area contributed by atoms with Crippen LogP contribution in [0, 0.1) is 0 Å². The van der Waals surface area contributed by atoms with Crippen molar-refractivity contribution in [1.29, 1.82) is 0 Å². The van der Waals surface area contributed by atoms with Crippen LogP contribution in [0.2, 0.25) is 0 Å². The highest BCUT2D eigenvalue weighted by molar-refractivity contribution is 6.12. The van der Waals surface area contributed by atoms with Gasteiger partial charge in [0.1, 0.15) is 11.8 Å². The average molecular weight is 640 g/mol. The van der Waals surface area contributed by atoms with Gasteiger partial charge in [-0.2, -0.15) is 0 Å². The number of nitrogens with zero attached hydrogens (tertiary/aromatic N) is 2. The Bertz CT molecular complexity index is 1810. The molecule has 5 aromatic rings. The Morgan fingerprint density at radius 2 is 1.54 bits per heavy atom. The SMILES string of the molecule is COC(=O)[C@H](Cc1ccc(OCCCN(C(=O)C=Cc2cccnc2)c2ccccc2)cc1)Nc1ccccc1C(=O)c1ccccc1. The summed E-state index contributed by atoms with van der Waals surface area (Å²) in [5, 5.41) is 3.24. The first-order valence-corrected chi connectivity index (χ1v) is 15.7. The van der Waals surface area contributed by atoms with Crippen molar-refractivity contribution in [2.75, 3.05) is 30.5 Å². The number of carbonyl (C=O) groups is 3. The van der Waals surface area contributed by atoms with Crippen LogP contribution < -0.4 is 15.0 Å². The number of aromatic nitrogens is 1. The van der Waals surface area contributed by atoms with Gasteiger partial charge in [0, 0.05) is 53.9 Å². The molecule has 0 unspecified atom stereocenters. The smallest absolute Gasteiger partial charge is 0.328 e. The lowest BCUT2D eigenvalue weighted by molar-refractivity contribution is -0.141. The third-order valence-corrected chi connectivity index (χ3v) is 7.62. The van der Waals surface area contributed by atoms with Gasteiger partial charge >= 0.3 is 5.97 Å². The number of amides is 1. The highest BCUT2D eigenvalue weighted by Gasteiger charge is 2.23. The number of ketones is 1. The van der Waals surface area contributed by atoms with Gasteiger partial charge in [0.25, 0.3) is 5.91 Å². The average Bonchev–Trinajstić information content (AvgIpc) is 3.15. The predicted octanol–water partition coefficient (Wildman–Crippen LogP) is 7.02. The van der Waals surface area contributed by atoms with Gasteiger partial charge in [-0.25, -0.2) is 4.79 Å². The van der Waals surface area contributed by atoms with Crippen LogP contribution >= 0.6 is 0 Å². The molecule has 48 heavy (non-hydrogen) atoms. The van der Waals surface area contributed by atoms with Gasteiger partial charge in [0.2, 0.25) is 0 Å². The Morgan fingerprint density at radius 1 is 0.833 bits per heavy atom. The maximum absolute atomic E-state index is 13.2. The van der Waals surface area contributed by atoms with Gasteiger partial charge in [-0.15, -0.1) is 0 Å². The van der Waals surface area contributed by atoms with Crippen molar-refractivity contribution in [2.24, 2.45) is 0 Å². The summed E-state index contributed by atoms with van der Waals surface area (Å²) in [4.78, 5) is 45.0. The van der Waals surface area contributed by atoms with Crippen molar-refractivity contribution >= 4 is 35.1 Å². The number of hydrogen-bond donors (Lipinski definition) is 1.